The van der Waals surface area contributed by atoms with Crippen LogP contribution >= 0.6 is 23.2 Å². The van der Waals surface area contributed by atoms with Crippen molar-refractivity contribution in [1.29, 1.82) is 0 Å². The smallest absolute Gasteiger partial charge is 0.343 e. The zero-order chi connectivity index (χ0) is 16.4. The lowest BCUT2D eigenvalue weighted by molar-refractivity contribution is -0.130. The van der Waals surface area contributed by atoms with Crippen LogP contribution in [-0.4, -0.2) is 13.1 Å². The lowest BCUT2D eigenvalue weighted by Gasteiger charge is -2.03. The summed E-state index contributed by atoms with van der Waals surface area (Å²) in [5, 5.41) is 0.952. The quantitative estimate of drug-likeness (QED) is 0.580. The molecule has 0 aliphatic carbocycles. The number of rotatable bonds is 3. The van der Waals surface area contributed by atoms with E-state index in [4.69, 9.17) is 32.7 Å². The highest BCUT2D eigenvalue weighted by Crippen LogP contribution is 2.32. The van der Waals surface area contributed by atoms with Crippen molar-refractivity contribution in [2.24, 2.45) is 0 Å². The molecule has 1 aliphatic heterocycles. The third-order valence-electron chi connectivity index (χ3n) is 3.40. The highest BCUT2D eigenvalue weighted by atomic mass is 35.5. The van der Waals surface area contributed by atoms with E-state index in [1.807, 2.05) is 12.1 Å². The van der Waals surface area contributed by atoms with Crippen LogP contribution in [0.3, 0.4) is 0 Å². The zero-order valence-electron chi connectivity index (χ0n) is 12.2. The second-order valence-electron chi connectivity index (χ2n) is 4.86. The van der Waals surface area contributed by atoms with Crippen LogP contribution in [0.4, 0.5) is 0 Å². The minimum absolute atomic E-state index is 0.394. The van der Waals surface area contributed by atoms with Crippen LogP contribution in [0.1, 0.15) is 11.1 Å². The third-order valence-corrected chi connectivity index (χ3v) is 4.06. The minimum atomic E-state index is -0.438. The first-order valence-electron chi connectivity index (χ1n) is 6.82. The molecule has 2 aromatic rings. The number of hydrogen-bond donors (Lipinski definition) is 0. The molecule has 0 radical (unpaired) electrons. The average Bonchev–Trinajstić information content (AvgIpc) is 2.92. The van der Waals surface area contributed by atoms with Gasteiger partial charge in [-0.1, -0.05) is 29.3 Å². The number of cyclic esters (lactones) is 1. The monoisotopic (exact) mass is 346 g/mol. The van der Waals surface area contributed by atoms with Crippen LogP contribution in [0.5, 0.6) is 5.75 Å². The van der Waals surface area contributed by atoms with Gasteiger partial charge in [-0.25, -0.2) is 4.79 Å². The molecule has 5 heteroatoms. The Kier molecular flexibility index (Phi) is 4.42. The van der Waals surface area contributed by atoms with Crippen LogP contribution in [0.2, 0.25) is 10.0 Å². The molecule has 0 amide bonds. The number of benzene rings is 2. The highest BCUT2D eigenvalue weighted by molar-refractivity contribution is 6.37. The molecule has 0 atom stereocenters. The number of halogens is 2. The van der Waals surface area contributed by atoms with Crippen molar-refractivity contribution in [3.05, 3.63) is 75.3 Å². The summed E-state index contributed by atoms with van der Waals surface area (Å²) in [5.41, 5.74) is 1.77. The van der Waals surface area contributed by atoms with E-state index in [1.54, 1.807) is 49.6 Å². The second kappa shape index (κ2) is 6.49. The topological polar surface area (TPSA) is 35.5 Å². The summed E-state index contributed by atoms with van der Waals surface area (Å²) in [6.45, 7) is 0. The summed E-state index contributed by atoms with van der Waals surface area (Å²) in [4.78, 5) is 12.1. The molecular weight excluding hydrogens is 335 g/mol. The Morgan fingerprint density at radius 1 is 1.04 bits per heavy atom. The number of carbonyl (C=O) groups is 1. The normalized spacial score (nSPS) is 15.5. The van der Waals surface area contributed by atoms with Gasteiger partial charge in [0.1, 0.15) is 11.5 Å². The van der Waals surface area contributed by atoms with Crippen LogP contribution in [0.15, 0.2) is 54.1 Å². The van der Waals surface area contributed by atoms with Crippen molar-refractivity contribution >= 4 is 41.0 Å². The lowest BCUT2D eigenvalue weighted by atomic mass is 10.1. The van der Waals surface area contributed by atoms with Crippen LogP contribution in [-0.2, 0) is 9.53 Å². The summed E-state index contributed by atoms with van der Waals surface area (Å²) < 4.78 is 10.4. The fourth-order valence-electron chi connectivity index (χ4n) is 2.19. The average molecular weight is 347 g/mol. The van der Waals surface area contributed by atoms with Gasteiger partial charge in [0.05, 0.1) is 12.7 Å². The largest absolute Gasteiger partial charge is 0.497 e. The number of carbonyl (C=O) groups excluding carboxylic acids is 1. The van der Waals surface area contributed by atoms with E-state index in [2.05, 4.69) is 0 Å². The zero-order valence-corrected chi connectivity index (χ0v) is 13.7. The van der Waals surface area contributed by atoms with E-state index in [9.17, 15) is 4.79 Å². The first-order valence-corrected chi connectivity index (χ1v) is 7.58. The molecule has 1 heterocycles. The van der Waals surface area contributed by atoms with Gasteiger partial charge in [-0.15, -0.1) is 0 Å². The maximum absolute atomic E-state index is 12.1. The Bertz CT molecular complexity index is 800. The van der Waals surface area contributed by atoms with Gasteiger partial charge in [0.25, 0.3) is 0 Å². The number of esters is 1. The van der Waals surface area contributed by atoms with Crippen molar-refractivity contribution < 1.29 is 14.3 Å². The van der Waals surface area contributed by atoms with Crippen LogP contribution in [0, 0.1) is 0 Å². The van der Waals surface area contributed by atoms with Gasteiger partial charge >= 0.3 is 5.97 Å². The van der Waals surface area contributed by atoms with E-state index in [0.717, 1.165) is 11.3 Å². The summed E-state index contributed by atoms with van der Waals surface area (Å²) in [6.07, 6.45) is 3.30. The predicted octanol–water partition coefficient (Wildman–Crippen LogP) is 4.98. The molecule has 0 saturated carbocycles. The number of methoxy groups -OCH3 is 1. The Morgan fingerprint density at radius 2 is 1.70 bits per heavy atom. The van der Waals surface area contributed by atoms with Gasteiger partial charge in [0.15, 0.2) is 0 Å². The van der Waals surface area contributed by atoms with Crippen molar-refractivity contribution in [3.63, 3.8) is 0 Å². The maximum atomic E-state index is 12.1. The lowest BCUT2D eigenvalue weighted by Crippen LogP contribution is -1.97. The van der Waals surface area contributed by atoms with E-state index in [-0.39, 0.29) is 0 Å². The summed E-state index contributed by atoms with van der Waals surface area (Å²) in [7, 11) is 1.60. The molecule has 23 heavy (non-hydrogen) atoms. The number of hydrogen-bond acceptors (Lipinski definition) is 3. The Morgan fingerprint density at radius 3 is 2.30 bits per heavy atom. The van der Waals surface area contributed by atoms with Crippen LogP contribution < -0.4 is 4.74 Å². The standard InChI is InChI=1S/C18H12Cl2O3/c1-22-13-7-5-11(6-8-13)17-10-12(18(21)23-17)9-14-15(19)3-2-4-16(14)20/h2-10H,1H3/b12-9+. The van der Waals surface area contributed by atoms with E-state index < -0.39 is 5.97 Å². The molecule has 116 valence electrons. The molecule has 1 aliphatic rings. The second-order valence-corrected chi connectivity index (χ2v) is 5.68. The molecule has 3 rings (SSSR count). The molecule has 3 nitrogen and oxygen atoms in total. The molecule has 0 aromatic heterocycles. The fraction of sp³-hybridized carbons (Fsp3) is 0.0556. The Hall–Kier alpha value is -2.23. The van der Waals surface area contributed by atoms with E-state index in [0.29, 0.717) is 26.9 Å². The molecule has 0 N–H and O–H groups in total. The molecule has 2 aromatic carbocycles. The SMILES string of the molecule is COc1ccc(C2=C/C(=C\c3c(Cl)cccc3Cl)C(=O)O2)cc1. The first kappa shape index (κ1) is 15.7. The summed E-state index contributed by atoms with van der Waals surface area (Å²) >= 11 is 12.3. The van der Waals surface area contributed by atoms with Crippen molar-refractivity contribution in [2.75, 3.05) is 7.11 Å². The maximum Gasteiger partial charge on any atom is 0.343 e. The molecule has 0 spiro atoms. The van der Waals surface area contributed by atoms with Gasteiger partial charge in [-0.3, -0.25) is 0 Å². The van der Waals surface area contributed by atoms with Gasteiger partial charge in [0, 0.05) is 21.2 Å². The number of ether oxygens (including phenoxy) is 2. The van der Waals surface area contributed by atoms with Gasteiger partial charge in [0.2, 0.25) is 0 Å². The van der Waals surface area contributed by atoms with Crippen molar-refractivity contribution in [3.8, 4) is 5.75 Å². The minimum Gasteiger partial charge on any atom is -0.497 e. The van der Waals surface area contributed by atoms with Gasteiger partial charge in [-0.05, 0) is 48.6 Å². The van der Waals surface area contributed by atoms with Crippen molar-refractivity contribution in [2.45, 2.75) is 0 Å². The van der Waals surface area contributed by atoms with Gasteiger partial charge in [-0.2, -0.15) is 0 Å². The molecular formula is C18H12Cl2O3. The molecule has 0 fully saturated rings. The fourth-order valence-corrected chi connectivity index (χ4v) is 2.70. The Labute approximate surface area is 143 Å². The molecule has 0 unspecified atom stereocenters. The van der Waals surface area contributed by atoms with Gasteiger partial charge < -0.3 is 9.47 Å². The summed E-state index contributed by atoms with van der Waals surface area (Å²) in [6, 6.07) is 12.4. The molecule has 0 bridgehead atoms. The summed E-state index contributed by atoms with van der Waals surface area (Å²) in [5.74, 6) is 0.774. The third kappa shape index (κ3) is 3.26. The predicted molar refractivity (Wildman–Crippen MR) is 91.5 cm³/mol. The van der Waals surface area contributed by atoms with E-state index >= 15 is 0 Å². The Balaban J connectivity index is 1.96. The first-order chi connectivity index (χ1) is 11.1. The molecule has 0 saturated heterocycles. The van der Waals surface area contributed by atoms with Crippen LogP contribution in [0.25, 0.3) is 11.8 Å². The van der Waals surface area contributed by atoms with Crippen molar-refractivity contribution in [1.82, 2.24) is 0 Å². The van der Waals surface area contributed by atoms with E-state index in [1.165, 1.54) is 0 Å². The highest BCUT2D eigenvalue weighted by Gasteiger charge is 2.22.